The highest BCUT2D eigenvalue weighted by Gasteiger charge is 2.21. The van der Waals surface area contributed by atoms with Crippen LogP contribution in [0.3, 0.4) is 0 Å². The van der Waals surface area contributed by atoms with Crippen LogP contribution in [-0.2, 0) is 11.3 Å². The second-order valence-corrected chi connectivity index (χ2v) is 8.00. The molecule has 0 saturated carbocycles. The van der Waals surface area contributed by atoms with Crippen molar-refractivity contribution in [2.24, 2.45) is 0 Å². The van der Waals surface area contributed by atoms with Crippen LogP contribution in [-0.4, -0.2) is 25.9 Å². The van der Waals surface area contributed by atoms with Crippen LogP contribution < -0.4 is 5.32 Å². The highest BCUT2D eigenvalue weighted by Crippen LogP contribution is 2.29. The smallest absolute Gasteiger partial charge is 0.237 e. The molecule has 1 N–H and O–H groups in total. The normalized spacial score (nSPS) is 12.2. The Labute approximate surface area is 159 Å². The standard InChI is InChI=1S/C18H19FN4OS2/c1-4-23-16(15-6-5-9-25-15)21-22-18(23)26-12(3)17(24)20-13-8-7-11(2)14(19)10-13/h5-10,12H,4H2,1-3H3,(H,20,24). The molecule has 5 nitrogen and oxygen atoms in total. The third-order valence-corrected chi connectivity index (χ3v) is 5.81. The fourth-order valence-corrected chi connectivity index (χ4v) is 4.01. The maximum absolute atomic E-state index is 13.6. The van der Waals surface area contributed by atoms with Crippen LogP contribution in [0.25, 0.3) is 10.7 Å². The lowest BCUT2D eigenvalue weighted by Crippen LogP contribution is -2.23. The number of amides is 1. The highest BCUT2D eigenvalue weighted by atomic mass is 32.2. The molecule has 136 valence electrons. The number of hydrogen-bond donors (Lipinski definition) is 1. The fraction of sp³-hybridized carbons (Fsp3) is 0.278. The van der Waals surface area contributed by atoms with E-state index in [0.717, 1.165) is 10.7 Å². The molecule has 3 rings (SSSR count). The van der Waals surface area contributed by atoms with Crippen LogP contribution in [0.1, 0.15) is 19.4 Å². The van der Waals surface area contributed by atoms with Gasteiger partial charge in [0.05, 0.1) is 10.1 Å². The number of carbonyl (C=O) groups is 1. The lowest BCUT2D eigenvalue weighted by molar-refractivity contribution is -0.115. The van der Waals surface area contributed by atoms with Crippen molar-refractivity contribution in [3.63, 3.8) is 0 Å². The number of halogens is 1. The van der Waals surface area contributed by atoms with Gasteiger partial charge < -0.3 is 9.88 Å². The number of aromatic nitrogens is 3. The van der Waals surface area contributed by atoms with Gasteiger partial charge in [0.25, 0.3) is 0 Å². The van der Waals surface area contributed by atoms with Gasteiger partial charge in [-0.1, -0.05) is 23.9 Å². The molecule has 2 aromatic heterocycles. The molecule has 0 aliphatic heterocycles. The molecular formula is C18H19FN4OS2. The first kappa shape index (κ1) is 18.6. The predicted molar refractivity (Wildman–Crippen MR) is 104 cm³/mol. The number of rotatable bonds is 6. The van der Waals surface area contributed by atoms with Crippen molar-refractivity contribution in [2.45, 2.75) is 37.7 Å². The Balaban J connectivity index is 1.72. The second kappa shape index (κ2) is 8.01. The van der Waals surface area contributed by atoms with Gasteiger partial charge in [-0.2, -0.15) is 0 Å². The average Bonchev–Trinajstić information content (AvgIpc) is 3.27. The van der Waals surface area contributed by atoms with Gasteiger partial charge in [-0.25, -0.2) is 4.39 Å². The molecule has 0 bridgehead atoms. The second-order valence-electron chi connectivity index (χ2n) is 5.74. The molecule has 1 aromatic carbocycles. The van der Waals surface area contributed by atoms with Gasteiger partial charge >= 0.3 is 0 Å². The van der Waals surface area contributed by atoms with Crippen molar-refractivity contribution >= 4 is 34.7 Å². The van der Waals surface area contributed by atoms with Crippen molar-refractivity contribution in [1.29, 1.82) is 0 Å². The summed E-state index contributed by atoms with van der Waals surface area (Å²) in [5, 5.41) is 13.5. The fourth-order valence-electron chi connectivity index (χ4n) is 2.38. The van der Waals surface area contributed by atoms with Gasteiger partial charge in [-0.3, -0.25) is 4.79 Å². The summed E-state index contributed by atoms with van der Waals surface area (Å²) >= 11 is 2.94. The number of aryl methyl sites for hydroxylation is 1. The Hall–Kier alpha value is -2.19. The Morgan fingerprint density at radius 2 is 2.19 bits per heavy atom. The largest absolute Gasteiger partial charge is 0.325 e. The van der Waals surface area contributed by atoms with Gasteiger partial charge in [0, 0.05) is 12.2 Å². The van der Waals surface area contributed by atoms with E-state index in [-0.39, 0.29) is 11.7 Å². The molecule has 0 aliphatic rings. The van der Waals surface area contributed by atoms with E-state index in [1.165, 1.54) is 17.8 Å². The summed E-state index contributed by atoms with van der Waals surface area (Å²) < 4.78 is 15.6. The average molecular weight is 391 g/mol. The molecule has 0 aliphatic carbocycles. The van der Waals surface area contributed by atoms with Crippen LogP contribution in [0, 0.1) is 12.7 Å². The zero-order valence-corrected chi connectivity index (χ0v) is 16.3. The number of thioether (sulfide) groups is 1. The summed E-state index contributed by atoms with van der Waals surface area (Å²) in [4.78, 5) is 13.5. The molecule has 0 saturated heterocycles. The molecule has 0 spiro atoms. The first-order chi connectivity index (χ1) is 12.5. The minimum absolute atomic E-state index is 0.207. The van der Waals surface area contributed by atoms with E-state index in [9.17, 15) is 9.18 Å². The number of anilines is 1. The SMILES string of the molecule is CCn1c(SC(C)C(=O)Nc2ccc(C)c(F)c2)nnc1-c1cccs1. The molecule has 0 fully saturated rings. The van der Waals surface area contributed by atoms with Crippen molar-refractivity contribution in [3.05, 3.63) is 47.1 Å². The minimum atomic E-state index is -0.398. The quantitative estimate of drug-likeness (QED) is 0.625. The first-order valence-corrected chi connectivity index (χ1v) is 9.96. The molecule has 26 heavy (non-hydrogen) atoms. The van der Waals surface area contributed by atoms with Crippen LogP contribution in [0.15, 0.2) is 40.9 Å². The molecule has 8 heteroatoms. The first-order valence-electron chi connectivity index (χ1n) is 8.20. The maximum Gasteiger partial charge on any atom is 0.237 e. The minimum Gasteiger partial charge on any atom is -0.325 e. The summed E-state index contributed by atoms with van der Waals surface area (Å²) in [6.07, 6.45) is 0. The summed E-state index contributed by atoms with van der Waals surface area (Å²) in [5.41, 5.74) is 0.990. The number of hydrogen-bond acceptors (Lipinski definition) is 5. The van der Waals surface area contributed by atoms with Crippen molar-refractivity contribution in [3.8, 4) is 10.7 Å². The van der Waals surface area contributed by atoms with Crippen molar-refractivity contribution in [1.82, 2.24) is 14.8 Å². The molecule has 2 heterocycles. The molecule has 1 unspecified atom stereocenters. The number of carbonyl (C=O) groups excluding carboxylic acids is 1. The summed E-state index contributed by atoms with van der Waals surface area (Å²) in [7, 11) is 0. The van der Waals surface area contributed by atoms with Gasteiger partial charge in [0.2, 0.25) is 5.91 Å². The van der Waals surface area contributed by atoms with E-state index in [0.29, 0.717) is 23.0 Å². The maximum atomic E-state index is 13.6. The third-order valence-electron chi connectivity index (χ3n) is 3.87. The number of benzene rings is 1. The summed E-state index contributed by atoms with van der Waals surface area (Å²) in [5.74, 6) is 0.259. The third kappa shape index (κ3) is 3.96. The number of thiophene rings is 1. The monoisotopic (exact) mass is 390 g/mol. The van der Waals surface area contributed by atoms with Crippen LogP contribution in [0.5, 0.6) is 0 Å². The van der Waals surface area contributed by atoms with E-state index in [4.69, 9.17) is 0 Å². The van der Waals surface area contributed by atoms with E-state index < -0.39 is 5.25 Å². The molecule has 1 atom stereocenters. The Kier molecular flexibility index (Phi) is 5.73. The van der Waals surface area contributed by atoms with E-state index in [1.807, 2.05) is 29.0 Å². The highest BCUT2D eigenvalue weighted by molar-refractivity contribution is 8.00. The topological polar surface area (TPSA) is 59.8 Å². The van der Waals surface area contributed by atoms with Crippen molar-refractivity contribution < 1.29 is 9.18 Å². The Bertz CT molecular complexity index is 908. The van der Waals surface area contributed by atoms with Crippen LogP contribution in [0.2, 0.25) is 0 Å². The zero-order chi connectivity index (χ0) is 18.7. The van der Waals surface area contributed by atoms with E-state index in [2.05, 4.69) is 15.5 Å². The van der Waals surface area contributed by atoms with Gasteiger partial charge in [0.15, 0.2) is 11.0 Å². The van der Waals surface area contributed by atoms with Gasteiger partial charge in [-0.15, -0.1) is 21.5 Å². The van der Waals surface area contributed by atoms with E-state index in [1.54, 1.807) is 37.3 Å². The molecule has 0 radical (unpaired) electrons. The van der Waals surface area contributed by atoms with E-state index >= 15 is 0 Å². The van der Waals surface area contributed by atoms with Gasteiger partial charge in [0.1, 0.15) is 5.82 Å². The molecule has 1 amide bonds. The zero-order valence-electron chi connectivity index (χ0n) is 14.7. The number of nitrogens with zero attached hydrogens (tertiary/aromatic N) is 3. The summed E-state index contributed by atoms with van der Waals surface area (Å²) in [6.45, 7) is 6.20. The van der Waals surface area contributed by atoms with Crippen LogP contribution >= 0.6 is 23.1 Å². The Morgan fingerprint density at radius 1 is 1.38 bits per heavy atom. The lowest BCUT2D eigenvalue weighted by Gasteiger charge is -2.13. The predicted octanol–water partition coefficient (Wildman–Crippen LogP) is 4.59. The van der Waals surface area contributed by atoms with Crippen LogP contribution in [0.4, 0.5) is 10.1 Å². The Morgan fingerprint density at radius 3 is 2.85 bits per heavy atom. The molecular weight excluding hydrogens is 371 g/mol. The lowest BCUT2D eigenvalue weighted by atomic mass is 10.2. The summed E-state index contributed by atoms with van der Waals surface area (Å²) in [6, 6.07) is 8.63. The molecule has 3 aromatic rings. The number of nitrogens with one attached hydrogen (secondary N) is 1. The van der Waals surface area contributed by atoms with Crippen molar-refractivity contribution in [2.75, 3.05) is 5.32 Å². The van der Waals surface area contributed by atoms with Gasteiger partial charge in [-0.05, 0) is 49.9 Å².